The number of ether oxygens (including phenoxy) is 2. The maximum Gasteiger partial charge on any atom is 0.0701 e. The van der Waals surface area contributed by atoms with Crippen molar-refractivity contribution < 1.29 is 9.47 Å². The minimum Gasteiger partial charge on any atom is -0.379 e. The third kappa shape index (κ3) is 4.41. The standard InChI is InChI=1S/C15H25NO2/c1-5-17-6-7-18-10-14(16)15-12(3)8-11(2)9-13(15)4/h8-9,14H,5-7,10,16H2,1-4H3. The number of hydrogen-bond donors (Lipinski definition) is 1. The minimum atomic E-state index is -0.0628. The predicted octanol–water partition coefficient (Wildman–Crippen LogP) is 2.66. The van der Waals surface area contributed by atoms with Gasteiger partial charge in [0.2, 0.25) is 0 Å². The molecule has 0 bridgehead atoms. The van der Waals surface area contributed by atoms with Crippen LogP contribution in [0.4, 0.5) is 0 Å². The largest absolute Gasteiger partial charge is 0.379 e. The topological polar surface area (TPSA) is 44.5 Å². The van der Waals surface area contributed by atoms with Crippen molar-refractivity contribution in [2.75, 3.05) is 26.4 Å². The van der Waals surface area contributed by atoms with Crippen molar-refractivity contribution in [3.05, 3.63) is 34.4 Å². The Bertz CT molecular complexity index is 354. The summed E-state index contributed by atoms with van der Waals surface area (Å²) in [6.07, 6.45) is 0. The Kier molecular flexibility index (Phi) is 6.33. The molecule has 1 rings (SSSR count). The van der Waals surface area contributed by atoms with Gasteiger partial charge in [-0.15, -0.1) is 0 Å². The van der Waals surface area contributed by atoms with Crippen LogP contribution in [0.2, 0.25) is 0 Å². The van der Waals surface area contributed by atoms with Gasteiger partial charge in [-0.3, -0.25) is 0 Å². The van der Waals surface area contributed by atoms with Gasteiger partial charge in [0.05, 0.1) is 25.9 Å². The smallest absolute Gasteiger partial charge is 0.0701 e. The minimum absolute atomic E-state index is 0.0628. The Labute approximate surface area is 110 Å². The van der Waals surface area contributed by atoms with Crippen molar-refractivity contribution >= 4 is 0 Å². The number of aryl methyl sites for hydroxylation is 3. The highest BCUT2D eigenvalue weighted by Crippen LogP contribution is 2.22. The molecule has 0 aliphatic heterocycles. The second kappa shape index (κ2) is 7.52. The van der Waals surface area contributed by atoms with Crippen LogP contribution in [-0.4, -0.2) is 26.4 Å². The number of nitrogens with two attached hydrogens (primary N) is 1. The fourth-order valence-electron chi connectivity index (χ4n) is 2.33. The summed E-state index contributed by atoms with van der Waals surface area (Å²) in [5.74, 6) is 0. The second-order valence-electron chi connectivity index (χ2n) is 4.69. The summed E-state index contributed by atoms with van der Waals surface area (Å²) in [5.41, 5.74) is 11.2. The van der Waals surface area contributed by atoms with Crippen LogP contribution in [0.15, 0.2) is 12.1 Å². The van der Waals surface area contributed by atoms with E-state index >= 15 is 0 Å². The van der Waals surface area contributed by atoms with Crippen molar-refractivity contribution in [1.82, 2.24) is 0 Å². The van der Waals surface area contributed by atoms with E-state index in [0.717, 1.165) is 6.61 Å². The Balaban J connectivity index is 2.53. The Morgan fingerprint density at radius 3 is 2.17 bits per heavy atom. The van der Waals surface area contributed by atoms with Gasteiger partial charge in [0, 0.05) is 6.61 Å². The Hall–Kier alpha value is -0.900. The SMILES string of the molecule is CCOCCOCC(N)c1c(C)cc(C)cc1C. The van der Waals surface area contributed by atoms with E-state index < -0.39 is 0 Å². The van der Waals surface area contributed by atoms with Crippen molar-refractivity contribution in [2.45, 2.75) is 33.7 Å². The van der Waals surface area contributed by atoms with E-state index in [1.807, 2.05) is 6.92 Å². The molecule has 3 heteroatoms. The van der Waals surface area contributed by atoms with Crippen LogP contribution in [0.1, 0.15) is 35.2 Å². The van der Waals surface area contributed by atoms with Gasteiger partial charge in [-0.25, -0.2) is 0 Å². The lowest BCUT2D eigenvalue weighted by Crippen LogP contribution is -2.20. The first kappa shape index (κ1) is 15.2. The third-order valence-corrected chi connectivity index (χ3v) is 2.98. The molecule has 1 aromatic rings. The van der Waals surface area contributed by atoms with Crippen LogP contribution >= 0.6 is 0 Å². The molecule has 18 heavy (non-hydrogen) atoms. The molecule has 0 heterocycles. The molecular formula is C15H25NO2. The third-order valence-electron chi connectivity index (χ3n) is 2.98. The molecular weight excluding hydrogens is 226 g/mol. The van der Waals surface area contributed by atoms with E-state index in [2.05, 4.69) is 32.9 Å². The van der Waals surface area contributed by atoms with Crippen LogP contribution in [0.3, 0.4) is 0 Å². The second-order valence-corrected chi connectivity index (χ2v) is 4.69. The summed E-state index contributed by atoms with van der Waals surface area (Å²) >= 11 is 0. The predicted molar refractivity (Wildman–Crippen MR) is 74.9 cm³/mol. The molecule has 0 fully saturated rings. The van der Waals surface area contributed by atoms with Crippen molar-refractivity contribution in [3.8, 4) is 0 Å². The Morgan fingerprint density at radius 1 is 1.06 bits per heavy atom. The lowest BCUT2D eigenvalue weighted by Gasteiger charge is -2.18. The molecule has 0 saturated carbocycles. The molecule has 1 unspecified atom stereocenters. The molecule has 1 atom stereocenters. The first-order valence-electron chi connectivity index (χ1n) is 6.55. The van der Waals surface area contributed by atoms with Crippen molar-refractivity contribution in [2.24, 2.45) is 5.73 Å². The van der Waals surface area contributed by atoms with Gasteiger partial charge >= 0.3 is 0 Å². The first-order chi connectivity index (χ1) is 8.56. The number of benzene rings is 1. The van der Waals surface area contributed by atoms with Crippen LogP contribution in [0.25, 0.3) is 0 Å². The summed E-state index contributed by atoms with van der Waals surface area (Å²) < 4.78 is 10.8. The zero-order valence-electron chi connectivity index (χ0n) is 12.0. The van der Waals surface area contributed by atoms with Crippen LogP contribution in [0.5, 0.6) is 0 Å². The first-order valence-corrected chi connectivity index (χ1v) is 6.55. The molecule has 0 saturated heterocycles. The quantitative estimate of drug-likeness (QED) is 0.758. The van der Waals surface area contributed by atoms with Crippen molar-refractivity contribution in [1.29, 1.82) is 0 Å². The highest BCUT2D eigenvalue weighted by molar-refractivity contribution is 5.39. The molecule has 102 valence electrons. The normalized spacial score (nSPS) is 12.7. The van der Waals surface area contributed by atoms with Gasteiger partial charge in [-0.1, -0.05) is 17.7 Å². The average Bonchev–Trinajstić information content (AvgIpc) is 2.27. The number of rotatable bonds is 7. The van der Waals surface area contributed by atoms with Gasteiger partial charge in [0.15, 0.2) is 0 Å². The molecule has 0 aliphatic rings. The summed E-state index contributed by atoms with van der Waals surface area (Å²) in [5, 5.41) is 0. The molecule has 0 aliphatic carbocycles. The lowest BCUT2D eigenvalue weighted by molar-refractivity contribution is 0.0472. The van der Waals surface area contributed by atoms with Gasteiger partial charge in [-0.2, -0.15) is 0 Å². The lowest BCUT2D eigenvalue weighted by atomic mass is 9.95. The van der Waals surface area contributed by atoms with E-state index in [0.29, 0.717) is 19.8 Å². The maximum absolute atomic E-state index is 6.20. The Morgan fingerprint density at radius 2 is 1.61 bits per heavy atom. The maximum atomic E-state index is 6.20. The highest BCUT2D eigenvalue weighted by atomic mass is 16.5. The van der Waals surface area contributed by atoms with Gasteiger partial charge in [0.1, 0.15) is 0 Å². The van der Waals surface area contributed by atoms with Crippen LogP contribution in [-0.2, 0) is 9.47 Å². The van der Waals surface area contributed by atoms with Crippen LogP contribution < -0.4 is 5.73 Å². The molecule has 0 aromatic heterocycles. The fraction of sp³-hybridized carbons (Fsp3) is 0.600. The summed E-state index contributed by atoms with van der Waals surface area (Å²) in [4.78, 5) is 0. The van der Waals surface area contributed by atoms with E-state index in [4.69, 9.17) is 15.2 Å². The van der Waals surface area contributed by atoms with Crippen LogP contribution in [0, 0.1) is 20.8 Å². The molecule has 0 amide bonds. The summed E-state index contributed by atoms with van der Waals surface area (Å²) in [6, 6.07) is 4.28. The van der Waals surface area contributed by atoms with Crippen molar-refractivity contribution in [3.63, 3.8) is 0 Å². The molecule has 1 aromatic carbocycles. The highest BCUT2D eigenvalue weighted by Gasteiger charge is 2.12. The van der Waals surface area contributed by atoms with E-state index in [1.165, 1.54) is 22.3 Å². The zero-order valence-corrected chi connectivity index (χ0v) is 12.0. The van der Waals surface area contributed by atoms with E-state index in [-0.39, 0.29) is 6.04 Å². The fourth-order valence-corrected chi connectivity index (χ4v) is 2.33. The average molecular weight is 251 g/mol. The molecule has 0 radical (unpaired) electrons. The summed E-state index contributed by atoms with van der Waals surface area (Å²) in [7, 11) is 0. The van der Waals surface area contributed by atoms with E-state index in [1.54, 1.807) is 0 Å². The van der Waals surface area contributed by atoms with Gasteiger partial charge in [-0.05, 0) is 44.4 Å². The molecule has 3 nitrogen and oxygen atoms in total. The molecule has 2 N–H and O–H groups in total. The molecule has 0 spiro atoms. The number of hydrogen-bond acceptors (Lipinski definition) is 3. The van der Waals surface area contributed by atoms with Gasteiger partial charge in [0.25, 0.3) is 0 Å². The monoisotopic (exact) mass is 251 g/mol. The summed E-state index contributed by atoms with van der Waals surface area (Å²) in [6.45, 7) is 10.8. The van der Waals surface area contributed by atoms with E-state index in [9.17, 15) is 0 Å². The van der Waals surface area contributed by atoms with Gasteiger partial charge < -0.3 is 15.2 Å². The zero-order chi connectivity index (χ0) is 13.5.